The predicted molar refractivity (Wildman–Crippen MR) is 63.4 cm³/mol. The summed E-state index contributed by atoms with van der Waals surface area (Å²) >= 11 is 5.82. The third-order valence-electron chi connectivity index (χ3n) is 3.31. The molecule has 0 aliphatic carbocycles. The molecule has 1 aliphatic heterocycles. The van der Waals surface area contributed by atoms with E-state index in [0.717, 1.165) is 12.3 Å². The number of carbonyl (C=O) groups excluding carboxylic acids is 1. The predicted octanol–water partition coefficient (Wildman–Crippen LogP) is 2.60. The lowest BCUT2D eigenvalue weighted by molar-refractivity contribution is 0.0784. The van der Waals surface area contributed by atoms with Gasteiger partial charge in [0.1, 0.15) is 11.0 Å². The van der Waals surface area contributed by atoms with Crippen LogP contribution in [0, 0.1) is 17.7 Å². The zero-order chi connectivity index (χ0) is 12.6. The molecule has 2 unspecified atom stereocenters. The molecule has 0 saturated carbocycles. The van der Waals surface area contributed by atoms with Gasteiger partial charge in [-0.3, -0.25) is 4.79 Å². The number of amides is 1. The molecule has 1 aliphatic rings. The summed E-state index contributed by atoms with van der Waals surface area (Å²) < 4.78 is 13.1. The fourth-order valence-electron chi connectivity index (χ4n) is 2.04. The molecule has 2 rings (SSSR count). The third kappa shape index (κ3) is 2.41. The van der Waals surface area contributed by atoms with Crippen LogP contribution >= 0.6 is 11.6 Å². The number of hydrogen-bond acceptors (Lipinski definition) is 2. The van der Waals surface area contributed by atoms with E-state index in [1.807, 2.05) is 0 Å². The van der Waals surface area contributed by atoms with Gasteiger partial charge in [-0.05, 0) is 17.9 Å². The number of pyridine rings is 1. The lowest BCUT2D eigenvalue weighted by Crippen LogP contribution is -2.29. The van der Waals surface area contributed by atoms with Gasteiger partial charge >= 0.3 is 0 Å². The SMILES string of the molecule is CC1CN(C(=O)c2cc(F)cnc2Cl)CC1C. The zero-order valence-electron chi connectivity index (χ0n) is 9.78. The Morgan fingerprint density at radius 2 is 2.06 bits per heavy atom. The van der Waals surface area contributed by atoms with Gasteiger partial charge in [0.2, 0.25) is 0 Å². The van der Waals surface area contributed by atoms with E-state index in [4.69, 9.17) is 11.6 Å². The van der Waals surface area contributed by atoms with E-state index in [2.05, 4.69) is 18.8 Å². The summed E-state index contributed by atoms with van der Waals surface area (Å²) in [7, 11) is 0. The number of aromatic nitrogens is 1. The Kier molecular flexibility index (Phi) is 3.33. The largest absolute Gasteiger partial charge is 0.338 e. The topological polar surface area (TPSA) is 33.2 Å². The summed E-state index contributed by atoms with van der Waals surface area (Å²) in [6.45, 7) is 5.58. The van der Waals surface area contributed by atoms with Crippen LogP contribution in [-0.2, 0) is 0 Å². The van der Waals surface area contributed by atoms with Gasteiger partial charge in [-0.25, -0.2) is 9.37 Å². The lowest BCUT2D eigenvalue weighted by Gasteiger charge is -2.16. The molecule has 0 radical (unpaired) electrons. The second-order valence-corrected chi connectivity index (χ2v) is 5.01. The number of likely N-dealkylation sites (tertiary alicyclic amines) is 1. The van der Waals surface area contributed by atoms with Crippen LogP contribution in [-0.4, -0.2) is 28.9 Å². The van der Waals surface area contributed by atoms with Crippen molar-refractivity contribution in [3.63, 3.8) is 0 Å². The molecule has 0 bridgehead atoms. The van der Waals surface area contributed by atoms with Crippen LogP contribution in [0.4, 0.5) is 4.39 Å². The van der Waals surface area contributed by atoms with Crippen molar-refractivity contribution in [3.05, 3.63) is 28.8 Å². The van der Waals surface area contributed by atoms with Crippen molar-refractivity contribution in [1.29, 1.82) is 0 Å². The second kappa shape index (κ2) is 4.61. The number of hydrogen-bond donors (Lipinski definition) is 0. The summed E-state index contributed by atoms with van der Waals surface area (Å²) in [5, 5.41) is 0.0589. The Morgan fingerprint density at radius 3 is 2.65 bits per heavy atom. The zero-order valence-corrected chi connectivity index (χ0v) is 10.5. The highest BCUT2D eigenvalue weighted by Crippen LogP contribution is 2.25. The number of rotatable bonds is 1. The van der Waals surface area contributed by atoms with Gasteiger partial charge in [0.05, 0.1) is 11.8 Å². The standard InChI is InChI=1S/C12H14ClFN2O/c1-7-5-16(6-8(7)2)12(17)10-3-9(14)4-15-11(10)13/h3-4,7-8H,5-6H2,1-2H3. The molecule has 2 heterocycles. The van der Waals surface area contributed by atoms with Crippen molar-refractivity contribution in [2.75, 3.05) is 13.1 Å². The number of nitrogens with zero attached hydrogens (tertiary/aromatic N) is 2. The highest BCUT2D eigenvalue weighted by Gasteiger charge is 2.31. The Hall–Kier alpha value is -1.16. The summed E-state index contributed by atoms with van der Waals surface area (Å²) in [6, 6.07) is 1.14. The molecular formula is C12H14ClFN2O. The molecule has 3 nitrogen and oxygen atoms in total. The monoisotopic (exact) mass is 256 g/mol. The quantitative estimate of drug-likeness (QED) is 0.724. The molecule has 1 saturated heterocycles. The summed E-state index contributed by atoms with van der Waals surface area (Å²) in [5.41, 5.74) is 0.146. The summed E-state index contributed by atoms with van der Waals surface area (Å²) in [4.78, 5) is 17.5. The second-order valence-electron chi connectivity index (χ2n) is 4.66. The van der Waals surface area contributed by atoms with Crippen LogP contribution in [0.15, 0.2) is 12.3 Å². The van der Waals surface area contributed by atoms with Crippen molar-refractivity contribution in [3.8, 4) is 0 Å². The van der Waals surface area contributed by atoms with E-state index >= 15 is 0 Å². The van der Waals surface area contributed by atoms with E-state index < -0.39 is 5.82 Å². The Morgan fingerprint density at radius 1 is 1.47 bits per heavy atom. The van der Waals surface area contributed by atoms with Crippen molar-refractivity contribution in [2.24, 2.45) is 11.8 Å². The van der Waals surface area contributed by atoms with E-state index in [9.17, 15) is 9.18 Å². The van der Waals surface area contributed by atoms with Crippen LogP contribution in [0.5, 0.6) is 0 Å². The molecule has 1 aromatic heterocycles. The molecule has 0 aromatic carbocycles. The molecule has 0 N–H and O–H groups in total. The molecule has 1 amide bonds. The molecule has 92 valence electrons. The average molecular weight is 257 g/mol. The van der Waals surface area contributed by atoms with Gasteiger partial charge in [-0.15, -0.1) is 0 Å². The van der Waals surface area contributed by atoms with E-state index in [-0.39, 0.29) is 16.6 Å². The summed E-state index contributed by atoms with van der Waals surface area (Å²) in [6.07, 6.45) is 1.01. The van der Waals surface area contributed by atoms with Crippen molar-refractivity contribution >= 4 is 17.5 Å². The number of halogens is 2. The minimum absolute atomic E-state index is 0.0589. The highest BCUT2D eigenvalue weighted by molar-refractivity contribution is 6.32. The Balaban J connectivity index is 2.23. The van der Waals surface area contributed by atoms with Crippen LogP contribution in [0.2, 0.25) is 5.15 Å². The maximum absolute atomic E-state index is 13.1. The van der Waals surface area contributed by atoms with Crippen LogP contribution in [0.3, 0.4) is 0 Å². The maximum atomic E-state index is 13.1. The van der Waals surface area contributed by atoms with Crippen LogP contribution in [0.1, 0.15) is 24.2 Å². The maximum Gasteiger partial charge on any atom is 0.257 e. The van der Waals surface area contributed by atoms with Crippen LogP contribution in [0.25, 0.3) is 0 Å². The molecule has 0 spiro atoms. The Bertz CT molecular complexity index is 442. The average Bonchev–Trinajstić information content (AvgIpc) is 2.62. The van der Waals surface area contributed by atoms with Gasteiger partial charge in [0.25, 0.3) is 5.91 Å². The molecular weight excluding hydrogens is 243 g/mol. The third-order valence-corrected chi connectivity index (χ3v) is 3.61. The van der Waals surface area contributed by atoms with E-state index in [0.29, 0.717) is 24.9 Å². The van der Waals surface area contributed by atoms with Crippen molar-refractivity contribution in [1.82, 2.24) is 9.88 Å². The molecule has 1 aromatic rings. The Labute approximate surface area is 105 Å². The molecule has 17 heavy (non-hydrogen) atoms. The lowest BCUT2D eigenvalue weighted by atomic mass is 10.0. The van der Waals surface area contributed by atoms with Gasteiger partial charge < -0.3 is 4.90 Å². The van der Waals surface area contributed by atoms with Gasteiger partial charge in [0.15, 0.2) is 0 Å². The van der Waals surface area contributed by atoms with Gasteiger partial charge in [-0.2, -0.15) is 0 Å². The number of carbonyl (C=O) groups is 1. The van der Waals surface area contributed by atoms with Crippen molar-refractivity contribution in [2.45, 2.75) is 13.8 Å². The highest BCUT2D eigenvalue weighted by atomic mass is 35.5. The van der Waals surface area contributed by atoms with Crippen molar-refractivity contribution < 1.29 is 9.18 Å². The molecule has 1 fully saturated rings. The van der Waals surface area contributed by atoms with Crippen LogP contribution < -0.4 is 0 Å². The molecule has 2 atom stereocenters. The smallest absolute Gasteiger partial charge is 0.257 e. The normalized spacial score (nSPS) is 24.1. The first-order valence-electron chi connectivity index (χ1n) is 5.59. The molecule has 5 heteroatoms. The van der Waals surface area contributed by atoms with E-state index in [1.165, 1.54) is 0 Å². The first kappa shape index (κ1) is 12.3. The minimum Gasteiger partial charge on any atom is -0.338 e. The fraction of sp³-hybridized carbons (Fsp3) is 0.500. The van der Waals surface area contributed by atoms with Gasteiger partial charge in [0, 0.05) is 13.1 Å². The van der Waals surface area contributed by atoms with Gasteiger partial charge in [-0.1, -0.05) is 25.4 Å². The summed E-state index contributed by atoms with van der Waals surface area (Å²) in [5.74, 6) is 0.134. The minimum atomic E-state index is -0.543. The first-order chi connectivity index (χ1) is 7.99. The fourth-order valence-corrected chi connectivity index (χ4v) is 2.22. The van der Waals surface area contributed by atoms with E-state index in [1.54, 1.807) is 4.90 Å². The first-order valence-corrected chi connectivity index (χ1v) is 5.97.